The van der Waals surface area contributed by atoms with Crippen molar-refractivity contribution in [2.24, 2.45) is 0 Å². The van der Waals surface area contributed by atoms with Crippen molar-refractivity contribution in [3.63, 3.8) is 0 Å². The Bertz CT molecular complexity index is 1180. The summed E-state index contributed by atoms with van der Waals surface area (Å²) < 4.78 is 44.6. The van der Waals surface area contributed by atoms with Crippen molar-refractivity contribution in [3.8, 4) is 0 Å². The van der Waals surface area contributed by atoms with E-state index in [1.54, 1.807) is 0 Å². The van der Waals surface area contributed by atoms with E-state index in [1.807, 2.05) is 0 Å². The molecule has 396 valence electrons. The van der Waals surface area contributed by atoms with Crippen molar-refractivity contribution in [3.05, 3.63) is 0 Å². The fourth-order valence-electron chi connectivity index (χ4n) is 9.03. The number of ether oxygens (including phenoxy) is 8. The molecule has 4 fully saturated rings. The van der Waals surface area contributed by atoms with Crippen LogP contribution in [0.4, 0.5) is 0 Å². The molecule has 22 nitrogen and oxygen atoms in total. The Kier molecular flexibility index (Phi) is 27.6. The number of unbranched alkanes of at least 4 members (excludes halogenated alkanes) is 17. The van der Waals surface area contributed by atoms with E-state index in [-0.39, 0.29) is 13.2 Å². The van der Waals surface area contributed by atoms with Crippen molar-refractivity contribution >= 4 is 0 Å². The Hall–Kier alpha value is -0.880. The molecule has 0 spiro atoms. The molecular formula is C45H84O22. The molecule has 0 radical (unpaired) electrons. The third-order valence-electron chi connectivity index (χ3n) is 13.3. The highest BCUT2D eigenvalue weighted by Gasteiger charge is 2.52. The van der Waals surface area contributed by atoms with E-state index >= 15 is 0 Å². The van der Waals surface area contributed by atoms with E-state index in [4.69, 9.17) is 37.9 Å². The number of hydrogen-bond donors (Lipinski definition) is 14. The van der Waals surface area contributed by atoms with E-state index in [2.05, 4.69) is 0 Å². The molecule has 0 aromatic heterocycles. The Morgan fingerprint density at radius 3 is 1.00 bits per heavy atom. The lowest BCUT2D eigenvalue weighted by molar-refractivity contribution is -0.359. The second kappa shape index (κ2) is 31.5. The van der Waals surface area contributed by atoms with Crippen LogP contribution < -0.4 is 0 Å². The molecule has 0 amide bonds. The van der Waals surface area contributed by atoms with Crippen molar-refractivity contribution in [2.45, 2.75) is 238 Å². The topological polar surface area (TPSA) is 357 Å². The Labute approximate surface area is 393 Å². The fraction of sp³-hybridized carbons (Fsp3) is 1.00. The SMILES string of the molecule is OCC1OC(OC2C(CO)OC(OCCCCCCCCCCCCCCCCCCCCOCC3OC(CO)C(OC4OC(CO)C(O)[C@H](O)[C@@H]4O)[C@H](O)[C@@H]3O)[C@H](O)[C@@H]2O)[C@H](O)[C@H](O)C1O. The maximum Gasteiger partial charge on any atom is 0.187 e. The van der Waals surface area contributed by atoms with Gasteiger partial charge in [0.05, 0.1) is 33.0 Å². The molecular weight excluding hydrogens is 892 g/mol. The normalized spacial score (nSPS) is 39.5. The van der Waals surface area contributed by atoms with Crippen LogP contribution in [-0.2, 0) is 37.9 Å². The van der Waals surface area contributed by atoms with Crippen LogP contribution in [0.3, 0.4) is 0 Å². The molecule has 12 unspecified atom stereocenters. The minimum Gasteiger partial charge on any atom is -0.394 e. The van der Waals surface area contributed by atoms with Crippen LogP contribution in [0.1, 0.15) is 116 Å². The summed E-state index contributed by atoms with van der Waals surface area (Å²) in [4.78, 5) is 0. The van der Waals surface area contributed by atoms with E-state index in [0.29, 0.717) is 6.61 Å². The summed E-state index contributed by atoms with van der Waals surface area (Å²) in [5.74, 6) is 0. The highest BCUT2D eigenvalue weighted by atomic mass is 16.7. The second-order valence-corrected chi connectivity index (χ2v) is 18.5. The van der Waals surface area contributed by atoms with E-state index < -0.39 is 149 Å². The first kappa shape index (κ1) is 58.7. The van der Waals surface area contributed by atoms with Crippen LogP contribution in [-0.4, -0.2) is 240 Å². The van der Waals surface area contributed by atoms with Crippen LogP contribution >= 0.6 is 0 Å². The molecule has 4 saturated heterocycles. The fourth-order valence-corrected chi connectivity index (χ4v) is 9.03. The maximum absolute atomic E-state index is 10.8. The first-order chi connectivity index (χ1) is 32.3. The molecule has 4 rings (SSSR count). The predicted molar refractivity (Wildman–Crippen MR) is 233 cm³/mol. The number of aliphatic hydroxyl groups is 14. The molecule has 0 aromatic carbocycles. The highest BCUT2D eigenvalue weighted by Crippen LogP contribution is 2.31. The summed E-state index contributed by atoms with van der Waals surface area (Å²) in [6.07, 6.45) is -8.76. The summed E-state index contributed by atoms with van der Waals surface area (Å²) in [7, 11) is 0. The lowest BCUT2D eigenvalue weighted by Gasteiger charge is -2.46. The third kappa shape index (κ3) is 17.7. The lowest BCUT2D eigenvalue weighted by atomic mass is 9.94. The van der Waals surface area contributed by atoms with Gasteiger partial charge in [0.15, 0.2) is 18.9 Å². The van der Waals surface area contributed by atoms with Crippen LogP contribution in [0.15, 0.2) is 0 Å². The third-order valence-corrected chi connectivity index (χ3v) is 13.3. The van der Waals surface area contributed by atoms with Crippen molar-refractivity contribution in [1.29, 1.82) is 0 Å². The molecule has 4 heterocycles. The molecule has 0 saturated carbocycles. The molecule has 0 aromatic rings. The monoisotopic (exact) mass is 977 g/mol. The zero-order valence-electron chi connectivity index (χ0n) is 38.8. The van der Waals surface area contributed by atoms with Gasteiger partial charge in [0, 0.05) is 13.2 Å². The van der Waals surface area contributed by atoms with Crippen LogP contribution in [0.2, 0.25) is 0 Å². The standard InChI is InChI=1S/C45H84O22/c46-21-26-31(50)34(53)38(57)44(63-26)66-41-28(23-48)62-30(33(52)36(41)55)25-60-19-17-15-13-11-9-7-5-3-1-2-4-6-8-10-12-14-16-18-20-61-43-40(59)37(56)42(29(24-49)65-43)67-45-39(58)35(54)32(51)27(22-47)64-45/h26-59H,1-25H2/t26?,27?,28?,29?,30?,31?,32?,33-,34+,35-,36-,37+,38+,39-,40-,41?,42?,43?,44?,45?/m1/s1. The zero-order chi connectivity index (χ0) is 48.9. The van der Waals surface area contributed by atoms with E-state index in [9.17, 15) is 71.5 Å². The van der Waals surface area contributed by atoms with Gasteiger partial charge in [-0.1, -0.05) is 103 Å². The smallest absolute Gasteiger partial charge is 0.187 e. The van der Waals surface area contributed by atoms with Crippen LogP contribution in [0.5, 0.6) is 0 Å². The van der Waals surface area contributed by atoms with Gasteiger partial charge in [-0.25, -0.2) is 0 Å². The molecule has 22 heteroatoms. The molecule has 0 aliphatic carbocycles. The van der Waals surface area contributed by atoms with Crippen molar-refractivity contribution < 1.29 is 109 Å². The Balaban J connectivity index is 0.909. The van der Waals surface area contributed by atoms with Gasteiger partial charge >= 0.3 is 0 Å². The molecule has 20 atom stereocenters. The predicted octanol–water partition coefficient (Wildman–Crippen LogP) is -2.67. The first-order valence-electron chi connectivity index (χ1n) is 24.7. The van der Waals surface area contributed by atoms with Crippen LogP contribution in [0, 0.1) is 0 Å². The molecule has 4 aliphatic heterocycles. The molecule has 67 heavy (non-hydrogen) atoms. The van der Waals surface area contributed by atoms with E-state index in [1.165, 1.54) is 64.2 Å². The van der Waals surface area contributed by atoms with Gasteiger partial charge in [-0.05, 0) is 12.8 Å². The largest absolute Gasteiger partial charge is 0.394 e. The number of rotatable bonds is 32. The van der Waals surface area contributed by atoms with Gasteiger partial charge in [-0.2, -0.15) is 0 Å². The summed E-state index contributed by atoms with van der Waals surface area (Å²) in [6, 6.07) is 0. The zero-order valence-corrected chi connectivity index (χ0v) is 38.8. The summed E-state index contributed by atoms with van der Waals surface area (Å²) in [5, 5.41) is 142. The summed E-state index contributed by atoms with van der Waals surface area (Å²) in [5.41, 5.74) is 0. The summed E-state index contributed by atoms with van der Waals surface area (Å²) in [6.45, 7) is -1.83. The van der Waals surface area contributed by atoms with Gasteiger partial charge in [0.2, 0.25) is 0 Å². The molecule has 14 N–H and O–H groups in total. The number of aliphatic hydroxyl groups excluding tert-OH is 14. The highest BCUT2D eigenvalue weighted by molar-refractivity contribution is 4.96. The summed E-state index contributed by atoms with van der Waals surface area (Å²) >= 11 is 0. The maximum atomic E-state index is 10.8. The van der Waals surface area contributed by atoms with Gasteiger partial charge in [-0.3, -0.25) is 0 Å². The van der Waals surface area contributed by atoms with Crippen molar-refractivity contribution in [2.75, 3.05) is 46.2 Å². The molecule has 0 bridgehead atoms. The van der Waals surface area contributed by atoms with Gasteiger partial charge in [-0.15, -0.1) is 0 Å². The minimum atomic E-state index is -1.73. The van der Waals surface area contributed by atoms with Gasteiger partial charge in [0.1, 0.15) is 104 Å². The van der Waals surface area contributed by atoms with Gasteiger partial charge in [0.25, 0.3) is 0 Å². The Morgan fingerprint density at radius 1 is 0.284 bits per heavy atom. The number of hydrogen-bond acceptors (Lipinski definition) is 22. The lowest BCUT2D eigenvalue weighted by Crippen LogP contribution is -2.64. The van der Waals surface area contributed by atoms with Crippen molar-refractivity contribution in [1.82, 2.24) is 0 Å². The Morgan fingerprint density at radius 2 is 0.597 bits per heavy atom. The second-order valence-electron chi connectivity index (χ2n) is 18.5. The average molecular weight is 977 g/mol. The minimum absolute atomic E-state index is 0.0162. The average Bonchev–Trinajstić information content (AvgIpc) is 3.33. The first-order valence-corrected chi connectivity index (χ1v) is 24.7. The van der Waals surface area contributed by atoms with Crippen LogP contribution in [0.25, 0.3) is 0 Å². The van der Waals surface area contributed by atoms with Gasteiger partial charge < -0.3 is 109 Å². The quantitative estimate of drug-likeness (QED) is 0.0306. The van der Waals surface area contributed by atoms with E-state index in [0.717, 1.165) is 51.4 Å². The molecule has 4 aliphatic rings.